The van der Waals surface area contributed by atoms with E-state index in [0.717, 1.165) is 64.2 Å². The van der Waals surface area contributed by atoms with Gasteiger partial charge in [-0.25, -0.2) is 0 Å². The maximum absolute atomic E-state index is 5.67. The Morgan fingerprint density at radius 2 is 2.14 bits per heavy atom. The second-order valence-electron chi connectivity index (χ2n) is 6.21. The van der Waals surface area contributed by atoms with Crippen molar-refractivity contribution in [2.45, 2.75) is 45.1 Å². The molecule has 1 N–H and O–H groups in total. The van der Waals surface area contributed by atoms with Crippen LogP contribution in [0.5, 0.6) is 0 Å². The molecular formula is C16H31N3O2. The van der Waals surface area contributed by atoms with Crippen LogP contribution in [0.15, 0.2) is 4.99 Å². The number of nitrogens with zero attached hydrogens (tertiary/aromatic N) is 2. The third-order valence-electron chi connectivity index (χ3n) is 4.37. The van der Waals surface area contributed by atoms with Gasteiger partial charge in [0.1, 0.15) is 0 Å². The minimum absolute atomic E-state index is 0.334. The molecule has 2 aliphatic heterocycles. The minimum atomic E-state index is 0.334. The third-order valence-corrected chi connectivity index (χ3v) is 4.37. The van der Waals surface area contributed by atoms with Crippen LogP contribution in [-0.4, -0.2) is 63.5 Å². The Hall–Kier alpha value is -0.810. The number of ether oxygens (including phenoxy) is 2. The molecule has 0 aliphatic carbocycles. The maximum atomic E-state index is 5.67. The van der Waals surface area contributed by atoms with Crippen LogP contribution in [0.3, 0.4) is 0 Å². The van der Waals surface area contributed by atoms with Crippen molar-refractivity contribution in [3.8, 4) is 0 Å². The Morgan fingerprint density at radius 1 is 1.33 bits per heavy atom. The van der Waals surface area contributed by atoms with E-state index >= 15 is 0 Å². The summed E-state index contributed by atoms with van der Waals surface area (Å²) < 4.78 is 11.2. The van der Waals surface area contributed by atoms with Gasteiger partial charge in [0.15, 0.2) is 5.96 Å². The summed E-state index contributed by atoms with van der Waals surface area (Å²) in [5.41, 5.74) is 0. The average Bonchev–Trinajstić information content (AvgIpc) is 3.01. The smallest absolute Gasteiger partial charge is 0.193 e. The van der Waals surface area contributed by atoms with E-state index < -0.39 is 0 Å². The molecule has 122 valence electrons. The predicted octanol–water partition coefficient (Wildman–Crippen LogP) is 1.88. The molecule has 2 saturated heterocycles. The zero-order chi connectivity index (χ0) is 14.9. The Kier molecular flexibility index (Phi) is 7.30. The van der Waals surface area contributed by atoms with Crippen molar-refractivity contribution in [1.29, 1.82) is 0 Å². The van der Waals surface area contributed by atoms with Crippen LogP contribution < -0.4 is 5.32 Å². The number of rotatable bonds is 6. The quantitative estimate of drug-likeness (QED) is 0.462. The number of nitrogens with one attached hydrogen (secondary N) is 1. The molecule has 0 aromatic heterocycles. The molecule has 0 saturated carbocycles. The first-order valence-corrected chi connectivity index (χ1v) is 8.44. The number of guanidine groups is 1. The summed E-state index contributed by atoms with van der Waals surface area (Å²) in [6, 6.07) is 0. The lowest BCUT2D eigenvalue weighted by Gasteiger charge is -2.32. The number of hydrogen-bond donors (Lipinski definition) is 1. The predicted molar refractivity (Wildman–Crippen MR) is 85.7 cm³/mol. The van der Waals surface area contributed by atoms with Crippen molar-refractivity contribution in [3.05, 3.63) is 0 Å². The summed E-state index contributed by atoms with van der Waals surface area (Å²) >= 11 is 0. The fourth-order valence-electron chi connectivity index (χ4n) is 2.92. The van der Waals surface area contributed by atoms with E-state index in [2.05, 4.69) is 22.1 Å². The van der Waals surface area contributed by atoms with Crippen molar-refractivity contribution in [2.24, 2.45) is 10.9 Å². The highest BCUT2D eigenvalue weighted by Crippen LogP contribution is 2.15. The highest BCUT2D eigenvalue weighted by Gasteiger charge is 2.18. The Morgan fingerprint density at radius 3 is 2.81 bits per heavy atom. The van der Waals surface area contributed by atoms with Gasteiger partial charge in [0.05, 0.1) is 12.7 Å². The molecule has 0 radical (unpaired) electrons. The first kappa shape index (κ1) is 16.6. The van der Waals surface area contributed by atoms with Gasteiger partial charge in [-0.05, 0) is 38.0 Å². The summed E-state index contributed by atoms with van der Waals surface area (Å²) in [5, 5.41) is 3.45. The molecule has 0 spiro atoms. The van der Waals surface area contributed by atoms with Gasteiger partial charge in [-0.15, -0.1) is 0 Å². The largest absolute Gasteiger partial charge is 0.379 e. The fourth-order valence-corrected chi connectivity index (χ4v) is 2.92. The van der Waals surface area contributed by atoms with Gasteiger partial charge in [-0.1, -0.05) is 6.92 Å². The molecular weight excluding hydrogens is 266 g/mol. The molecule has 0 aromatic rings. The number of piperidine rings is 1. The standard InChI is InChI=1S/C16H31N3O2/c1-14-6-9-19(10-7-14)16(17-2)18-8-4-11-20-13-15-5-3-12-21-15/h14-15H,3-13H2,1-2H3,(H,17,18). The second-order valence-corrected chi connectivity index (χ2v) is 6.21. The second kappa shape index (κ2) is 9.26. The van der Waals surface area contributed by atoms with Crippen LogP contribution in [0, 0.1) is 5.92 Å². The SMILES string of the molecule is CN=C(NCCCOCC1CCCO1)N1CCC(C)CC1. The van der Waals surface area contributed by atoms with E-state index in [1.54, 1.807) is 0 Å². The molecule has 21 heavy (non-hydrogen) atoms. The van der Waals surface area contributed by atoms with E-state index in [9.17, 15) is 0 Å². The van der Waals surface area contributed by atoms with E-state index in [-0.39, 0.29) is 0 Å². The number of aliphatic imine (C=N–C) groups is 1. The highest BCUT2D eigenvalue weighted by molar-refractivity contribution is 5.79. The van der Waals surface area contributed by atoms with Gasteiger partial charge in [-0.3, -0.25) is 4.99 Å². The summed E-state index contributed by atoms with van der Waals surface area (Å²) in [6.45, 7) is 7.94. The summed E-state index contributed by atoms with van der Waals surface area (Å²) in [5.74, 6) is 1.89. The van der Waals surface area contributed by atoms with Gasteiger partial charge < -0.3 is 19.7 Å². The normalized spacial score (nSPS) is 24.6. The van der Waals surface area contributed by atoms with Gasteiger partial charge in [-0.2, -0.15) is 0 Å². The van der Waals surface area contributed by atoms with Crippen LogP contribution >= 0.6 is 0 Å². The van der Waals surface area contributed by atoms with E-state index in [1.165, 1.54) is 19.3 Å². The lowest BCUT2D eigenvalue weighted by molar-refractivity contribution is 0.0168. The van der Waals surface area contributed by atoms with Crippen LogP contribution in [0.1, 0.15) is 39.0 Å². The van der Waals surface area contributed by atoms with Crippen molar-refractivity contribution in [3.63, 3.8) is 0 Å². The van der Waals surface area contributed by atoms with E-state index in [4.69, 9.17) is 9.47 Å². The maximum Gasteiger partial charge on any atom is 0.193 e. The first-order valence-electron chi connectivity index (χ1n) is 8.44. The van der Waals surface area contributed by atoms with Crippen LogP contribution in [0.2, 0.25) is 0 Å². The summed E-state index contributed by atoms with van der Waals surface area (Å²) in [7, 11) is 1.87. The molecule has 2 rings (SSSR count). The van der Waals surface area contributed by atoms with Crippen LogP contribution in [0.25, 0.3) is 0 Å². The van der Waals surface area contributed by atoms with E-state index in [0.29, 0.717) is 6.10 Å². The highest BCUT2D eigenvalue weighted by atomic mass is 16.5. The summed E-state index contributed by atoms with van der Waals surface area (Å²) in [4.78, 5) is 6.76. The van der Waals surface area contributed by atoms with Crippen molar-refractivity contribution >= 4 is 5.96 Å². The molecule has 2 aliphatic rings. The molecule has 0 amide bonds. The topological polar surface area (TPSA) is 46.1 Å². The molecule has 5 nitrogen and oxygen atoms in total. The Labute approximate surface area is 129 Å². The molecule has 2 heterocycles. The number of likely N-dealkylation sites (tertiary alicyclic amines) is 1. The first-order chi connectivity index (χ1) is 10.3. The van der Waals surface area contributed by atoms with Crippen molar-refractivity contribution in [1.82, 2.24) is 10.2 Å². The minimum Gasteiger partial charge on any atom is -0.379 e. The summed E-state index contributed by atoms with van der Waals surface area (Å²) in [6.07, 6.45) is 6.21. The molecule has 1 unspecified atom stereocenters. The van der Waals surface area contributed by atoms with E-state index in [1.807, 2.05) is 7.05 Å². The van der Waals surface area contributed by atoms with Crippen molar-refractivity contribution in [2.75, 3.05) is 46.5 Å². The fraction of sp³-hybridized carbons (Fsp3) is 0.938. The van der Waals surface area contributed by atoms with Gasteiger partial charge in [0.2, 0.25) is 0 Å². The van der Waals surface area contributed by atoms with Crippen molar-refractivity contribution < 1.29 is 9.47 Å². The number of hydrogen-bond acceptors (Lipinski definition) is 3. The molecule has 2 fully saturated rings. The lowest BCUT2D eigenvalue weighted by atomic mass is 10.00. The van der Waals surface area contributed by atoms with Gasteiger partial charge in [0.25, 0.3) is 0 Å². The monoisotopic (exact) mass is 297 g/mol. The van der Waals surface area contributed by atoms with Crippen LogP contribution in [-0.2, 0) is 9.47 Å². The molecule has 5 heteroatoms. The van der Waals surface area contributed by atoms with Crippen LogP contribution in [0.4, 0.5) is 0 Å². The average molecular weight is 297 g/mol. The van der Waals surface area contributed by atoms with Gasteiger partial charge >= 0.3 is 0 Å². The lowest BCUT2D eigenvalue weighted by Crippen LogP contribution is -2.45. The zero-order valence-corrected chi connectivity index (χ0v) is 13.6. The Bertz CT molecular complexity index is 309. The molecule has 0 bridgehead atoms. The molecule has 1 atom stereocenters. The molecule has 0 aromatic carbocycles. The Balaban J connectivity index is 1.52. The third kappa shape index (κ3) is 5.83. The van der Waals surface area contributed by atoms with Gasteiger partial charge in [0, 0.05) is 39.9 Å². The zero-order valence-electron chi connectivity index (χ0n) is 13.6.